The zero-order valence-electron chi connectivity index (χ0n) is 12.1. The third-order valence-corrected chi connectivity index (χ3v) is 4.87. The molecular weight excluding hydrogens is 359 g/mol. The molecular formula is C15H14Cl2N2O3S. The molecule has 0 saturated carbocycles. The minimum Gasteiger partial charge on any atom is -0.324 e. The molecule has 0 heterocycles. The van der Waals surface area contributed by atoms with E-state index in [1.807, 2.05) is 0 Å². The van der Waals surface area contributed by atoms with Gasteiger partial charge in [0, 0.05) is 5.02 Å². The highest BCUT2D eigenvalue weighted by Gasteiger charge is 2.16. The summed E-state index contributed by atoms with van der Waals surface area (Å²) in [7, 11) is -3.75. The molecule has 122 valence electrons. The Kier molecular flexibility index (Phi) is 5.64. The van der Waals surface area contributed by atoms with Crippen molar-refractivity contribution in [3.05, 3.63) is 58.1 Å². The van der Waals surface area contributed by atoms with Gasteiger partial charge < -0.3 is 5.32 Å². The third kappa shape index (κ3) is 4.94. The predicted octanol–water partition coefficient (Wildman–Crippen LogP) is 3.22. The van der Waals surface area contributed by atoms with Crippen LogP contribution in [0, 0.1) is 6.92 Å². The number of nitrogens with one attached hydrogen (secondary N) is 2. The number of hydrogen-bond acceptors (Lipinski definition) is 3. The smallest absolute Gasteiger partial charge is 0.241 e. The fourth-order valence-electron chi connectivity index (χ4n) is 1.81. The summed E-state index contributed by atoms with van der Waals surface area (Å²) >= 11 is 11.7. The maximum Gasteiger partial charge on any atom is 0.241 e. The quantitative estimate of drug-likeness (QED) is 0.845. The van der Waals surface area contributed by atoms with Crippen molar-refractivity contribution < 1.29 is 13.2 Å². The highest BCUT2D eigenvalue weighted by Crippen LogP contribution is 2.25. The van der Waals surface area contributed by atoms with Gasteiger partial charge in [0.1, 0.15) is 0 Å². The maximum atomic E-state index is 12.1. The second kappa shape index (κ2) is 7.31. The van der Waals surface area contributed by atoms with Crippen LogP contribution in [-0.2, 0) is 14.8 Å². The van der Waals surface area contributed by atoms with E-state index >= 15 is 0 Å². The van der Waals surface area contributed by atoms with Crippen molar-refractivity contribution in [2.75, 3.05) is 11.9 Å². The molecule has 2 aromatic rings. The van der Waals surface area contributed by atoms with E-state index in [2.05, 4.69) is 10.0 Å². The molecule has 0 bridgehead atoms. The molecule has 1 amide bonds. The molecule has 0 aromatic heterocycles. The average Bonchev–Trinajstić information content (AvgIpc) is 2.48. The van der Waals surface area contributed by atoms with Crippen molar-refractivity contribution in [2.45, 2.75) is 11.8 Å². The number of carbonyl (C=O) groups is 1. The van der Waals surface area contributed by atoms with Gasteiger partial charge in [0.15, 0.2) is 0 Å². The van der Waals surface area contributed by atoms with Gasteiger partial charge in [-0.25, -0.2) is 13.1 Å². The lowest BCUT2D eigenvalue weighted by Crippen LogP contribution is -2.33. The van der Waals surface area contributed by atoms with E-state index in [1.165, 1.54) is 24.3 Å². The first-order valence-electron chi connectivity index (χ1n) is 6.59. The van der Waals surface area contributed by atoms with Crippen LogP contribution in [0.2, 0.25) is 10.0 Å². The molecule has 23 heavy (non-hydrogen) atoms. The molecule has 2 rings (SSSR count). The Bertz CT molecular complexity index is 838. The van der Waals surface area contributed by atoms with Crippen LogP contribution < -0.4 is 10.0 Å². The lowest BCUT2D eigenvalue weighted by atomic mass is 10.2. The lowest BCUT2D eigenvalue weighted by molar-refractivity contribution is -0.115. The zero-order chi connectivity index (χ0) is 17.0. The molecule has 0 aliphatic carbocycles. The number of sulfonamides is 1. The molecule has 8 heteroatoms. The van der Waals surface area contributed by atoms with Crippen molar-refractivity contribution in [1.29, 1.82) is 0 Å². The highest BCUT2D eigenvalue weighted by atomic mass is 35.5. The summed E-state index contributed by atoms with van der Waals surface area (Å²) in [5, 5.41) is 3.23. The number of carbonyl (C=O) groups excluding carboxylic acids is 1. The fourth-order valence-corrected chi connectivity index (χ4v) is 3.35. The average molecular weight is 373 g/mol. The summed E-state index contributed by atoms with van der Waals surface area (Å²) in [6.07, 6.45) is 0. The largest absolute Gasteiger partial charge is 0.324 e. The topological polar surface area (TPSA) is 75.3 Å². The van der Waals surface area contributed by atoms with E-state index in [9.17, 15) is 13.2 Å². The minimum atomic E-state index is -3.75. The van der Waals surface area contributed by atoms with Crippen LogP contribution in [0.25, 0.3) is 0 Å². The highest BCUT2D eigenvalue weighted by molar-refractivity contribution is 7.89. The van der Waals surface area contributed by atoms with Gasteiger partial charge >= 0.3 is 0 Å². The van der Waals surface area contributed by atoms with E-state index in [0.29, 0.717) is 10.7 Å². The first-order chi connectivity index (χ1) is 10.8. The molecule has 0 fully saturated rings. The number of hydrogen-bond donors (Lipinski definition) is 2. The number of rotatable bonds is 5. The predicted molar refractivity (Wildman–Crippen MR) is 91.5 cm³/mol. The first kappa shape index (κ1) is 17.7. The monoisotopic (exact) mass is 372 g/mol. The summed E-state index contributed by atoms with van der Waals surface area (Å²) in [6, 6.07) is 11.0. The molecule has 2 N–H and O–H groups in total. The standard InChI is InChI=1S/C15H14Cl2N2O3S/c1-10-3-2-4-12(7-10)23(21,22)18-9-15(20)19-14-6-5-11(16)8-13(14)17/h2-8,18H,9H2,1H3,(H,19,20). The van der Waals surface area contributed by atoms with Gasteiger partial charge in [-0.3, -0.25) is 4.79 Å². The Morgan fingerprint density at radius 1 is 1.13 bits per heavy atom. The van der Waals surface area contributed by atoms with E-state index in [-0.39, 0.29) is 9.92 Å². The third-order valence-electron chi connectivity index (χ3n) is 2.93. The Morgan fingerprint density at radius 2 is 1.87 bits per heavy atom. The van der Waals surface area contributed by atoms with Crippen molar-refractivity contribution in [1.82, 2.24) is 4.72 Å². The van der Waals surface area contributed by atoms with E-state index in [1.54, 1.807) is 25.1 Å². The summed E-state index contributed by atoms with van der Waals surface area (Å²) in [5.41, 5.74) is 1.17. The van der Waals surface area contributed by atoms with Crippen LogP contribution in [0.5, 0.6) is 0 Å². The number of amides is 1. The molecule has 0 aliphatic heterocycles. The Hall–Kier alpha value is -1.60. The fraction of sp³-hybridized carbons (Fsp3) is 0.133. The van der Waals surface area contributed by atoms with Gasteiger partial charge in [-0.2, -0.15) is 0 Å². The minimum absolute atomic E-state index is 0.106. The second-order valence-corrected chi connectivity index (χ2v) is 7.42. The van der Waals surface area contributed by atoms with E-state index < -0.39 is 22.5 Å². The Morgan fingerprint density at radius 3 is 2.52 bits per heavy atom. The molecule has 2 aromatic carbocycles. The molecule has 0 aliphatic rings. The van der Waals surface area contributed by atoms with Gasteiger partial charge in [-0.1, -0.05) is 35.3 Å². The van der Waals surface area contributed by atoms with Gasteiger partial charge in [0.2, 0.25) is 15.9 Å². The van der Waals surface area contributed by atoms with Crippen LogP contribution in [-0.4, -0.2) is 20.9 Å². The van der Waals surface area contributed by atoms with E-state index in [4.69, 9.17) is 23.2 Å². The van der Waals surface area contributed by atoms with Crippen LogP contribution in [0.15, 0.2) is 47.4 Å². The first-order valence-corrected chi connectivity index (χ1v) is 8.83. The van der Waals surface area contributed by atoms with Crippen molar-refractivity contribution in [3.63, 3.8) is 0 Å². The van der Waals surface area contributed by atoms with Crippen LogP contribution in [0.3, 0.4) is 0 Å². The summed E-state index contributed by atoms with van der Waals surface area (Å²) in [4.78, 5) is 12.0. The van der Waals surface area contributed by atoms with Gasteiger partial charge in [0.25, 0.3) is 0 Å². The zero-order valence-corrected chi connectivity index (χ0v) is 14.5. The summed E-state index contributed by atoms with van der Waals surface area (Å²) in [5.74, 6) is -0.537. The van der Waals surface area contributed by atoms with Crippen molar-refractivity contribution in [2.24, 2.45) is 0 Å². The SMILES string of the molecule is Cc1cccc(S(=O)(=O)NCC(=O)Nc2ccc(Cl)cc2Cl)c1. The number of anilines is 1. The summed E-state index contributed by atoms with van der Waals surface area (Å²) < 4.78 is 26.5. The normalized spacial score (nSPS) is 11.3. The maximum absolute atomic E-state index is 12.1. The van der Waals surface area contributed by atoms with Crippen molar-refractivity contribution >= 4 is 44.8 Å². The van der Waals surface area contributed by atoms with Crippen LogP contribution in [0.4, 0.5) is 5.69 Å². The number of halogens is 2. The molecule has 0 spiro atoms. The number of benzene rings is 2. The molecule has 0 radical (unpaired) electrons. The Labute approximate surface area is 144 Å². The number of aryl methyl sites for hydroxylation is 1. The van der Waals surface area contributed by atoms with Crippen molar-refractivity contribution in [3.8, 4) is 0 Å². The van der Waals surface area contributed by atoms with Gasteiger partial charge in [-0.05, 0) is 42.8 Å². The molecule has 0 atom stereocenters. The summed E-state index contributed by atoms with van der Waals surface area (Å²) in [6.45, 7) is 1.38. The van der Waals surface area contributed by atoms with E-state index in [0.717, 1.165) is 5.56 Å². The molecule has 5 nitrogen and oxygen atoms in total. The van der Waals surface area contributed by atoms with Crippen LogP contribution in [0.1, 0.15) is 5.56 Å². The lowest BCUT2D eigenvalue weighted by Gasteiger charge is -2.09. The Balaban J connectivity index is 2.01. The van der Waals surface area contributed by atoms with Crippen LogP contribution >= 0.6 is 23.2 Å². The molecule has 0 saturated heterocycles. The molecule has 0 unspecified atom stereocenters. The van der Waals surface area contributed by atoms with Gasteiger partial charge in [-0.15, -0.1) is 0 Å². The van der Waals surface area contributed by atoms with Gasteiger partial charge in [0.05, 0.1) is 22.2 Å². The second-order valence-electron chi connectivity index (χ2n) is 4.81.